The van der Waals surface area contributed by atoms with Gasteiger partial charge in [0.2, 0.25) is 5.95 Å². The van der Waals surface area contributed by atoms with Gasteiger partial charge >= 0.3 is 0 Å². The summed E-state index contributed by atoms with van der Waals surface area (Å²) in [5.41, 5.74) is 0. The van der Waals surface area contributed by atoms with Crippen molar-refractivity contribution in [1.82, 2.24) is 9.55 Å². The first kappa shape index (κ1) is 12.5. The lowest BCUT2D eigenvalue weighted by Crippen LogP contribution is -2.19. The highest BCUT2D eigenvalue weighted by atomic mass is 15.2. The molecule has 0 unspecified atom stereocenters. The Morgan fingerprint density at radius 2 is 2.12 bits per heavy atom. The summed E-state index contributed by atoms with van der Waals surface area (Å²) in [5, 5.41) is 3.52. The normalized spacial score (nSPS) is 17.6. The van der Waals surface area contributed by atoms with E-state index >= 15 is 0 Å². The van der Waals surface area contributed by atoms with E-state index in [4.69, 9.17) is 0 Å². The topological polar surface area (TPSA) is 29.9 Å². The van der Waals surface area contributed by atoms with Gasteiger partial charge in [-0.1, -0.05) is 33.1 Å². The van der Waals surface area contributed by atoms with Crippen molar-refractivity contribution in [1.29, 1.82) is 0 Å². The Hall–Kier alpha value is -0.990. The van der Waals surface area contributed by atoms with Crippen LogP contribution >= 0.6 is 0 Å². The number of nitrogens with one attached hydrogen (secondary N) is 1. The quantitative estimate of drug-likeness (QED) is 0.846. The molecule has 0 saturated heterocycles. The molecule has 3 nitrogen and oxygen atoms in total. The van der Waals surface area contributed by atoms with Crippen LogP contribution in [-0.4, -0.2) is 16.1 Å². The average Bonchev–Trinajstić information content (AvgIpc) is 2.74. The largest absolute Gasteiger partial charge is 0.355 e. The maximum atomic E-state index is 4.41. The summed E-state index contributed by atoms with van der Waals surface area (Å²) >= 11 is 0. The lowest BCUT2D eigenvalue weighted by atomic mass is 9.89. The van der Waals surface area contributed by atoms with Gasteiger partial charge < -0.3 is 9.88 Å². The van der Waals surface area contributed by atoms with Crippen LogP contribution in [0.25, 0.3) is 0 Å². The molecule has 1 aliphatic rings. The smallest absolute Gasteiger partial charge is 0.202 e. The number of anilines is 1. The van der Waals surface area contributed by atoms with Crippen molar-refractivity contribution in [2.75, 3.05) is 11.9 Å². The zero-order chi connectivity index (χ0) is 12.1. The van der Waals surface area contributed by atoms with Crippen LogP contribution in [-0.2, 0) is 6.54 Å². The number of hydrogen-bond donors (Lipinski definition) is 1. The van der Waals surface area contributed by atoms with Crippen LogP contribution in [0.1, 0.15) is 46.0 Å². The molecule has 0 bridgehead atoms. The summed E-state index contributed by atoms with van der Waals surface area (Å²) in [6.07, 6.45) is 11.0. The first-order chi connectivity index (χ1) is 8.25. The van der Waals surface area contributed by atoms with Crippen molar-refractivity contribution in [3.8, 4) is 0 Å². The molecule has 1 fully saturated rings. The third-order valence-corrected chi connectivity index (χ3v) is 3.55. The molecule has 1 aliphatic carbocycles. The fourth-order valence-corrected chi connectivity index (χ4v) is 2.64. The molecular formula is C14H25N3. The highest BCUT2D eigenvalue weighted by Crippen LogP contribution is 2.23. The number of hydrogen-bond acceptors (Lipinski definition) is 2. The second-order valence-corrected chi connectivity index (χ2v) is 5.68. The molecule has 1 saturated carbocycles. The van der Waals surface area contributed by atoms with E-state index in [0.717, 1.165) is 25.0 Å². The van der Waals surface area contributed by atoms with Crippen LogP contribution in [0.4, 0.5) is 5.95 Å². The molecule has 17 heavy (non-hydrogen) atoms. The van der Waals surface area contributed by atoms with Crippen molar-refractivity contribution in [2.24, 2.45) is 11.8 Å². The van der Waals surface area contributed by atoms with E-state index in [2.05, 4.69) is 34.9 Å². The van der Waals surface area contributed by atoms with Crippen molar-refractivity contribution in [2.45, 2.75) is 52.5 Å². The summed E-state index contributed by atoms with van der Waals surface area (Å²) in [6.45, 7) is 6.62. The predicted molar refractivity (Wildman–Crippen MR) is 72.1 cm³/mol. The molecule has 2 rings (SSSR count). The van der Waals surface area contributed by atoms with Gasteiger partial charge in [-0.25, -0.2) is 4.98 Å². The molecule has 96 valence electrons. The van der Waals surface area contributed by atoms with E-state index in [1.165, 1.54) is 32.1 Å². The lowest BCUT2D eigenvalue weighted by Gasteiger charge is -2.22. The van der Waals surface area contributed by atoms with Gasteiger partial charge in [0, 0.05) is 25.5 Å². The zero-order valence-corrected chi connectivity index (χ0v) is 11.2. The molecular weight excluding hydrogens is 210 g/mol. The molecule has 0 spiro atoms. The third kappa shape index (κ3) is 3.76. The van der Waals surface area contributed by atoms with E-state index in [1.807, 2.05) is 6.20 Å². The standard InChI is InChI=1S/C14H25N3/c1-12(2)11-17-9-8-15-14(17)16-10-13-6-4-3-5-7-13/h8-9,12-13H,3-7,10-11H2,1-2H3,(H,15,16). The highest BCUT2D eigenvalue weighted by molar-refractivity contribution is 5.25. The van der Waals surface area contributed by atoms with Gasteiger partial charge in [-0.15, -0.1) is 0 Å². The number of rotatable bonds is 5. The lowest BCUT2D eigenvalue weighted by molar-refractivity contribution is 0.372. The SMILES string of the molecule is CC(C)Cn1ccnc1NCC1CCCCC1. The molecule has 1 heterocycles. The van der Waals surface area contributed by atoms with E-state index in [1.54, 1.807) is 0 Å². The Morgan fingerprint density at radius 1 is 1.35 bits per heavy atom. The van der Waals surface area contributed by atoms with Crippen LogP contribution < -0.4 is 5.32 Å². The second kappa shape index (κ2) is 6.08. The summed E-state index contributed by atoms with van der Waals surface area (Å²) in [7, 11) is 0. The highest BCUT2D eigenvalue weighted by Gasteiger charge is 2.14. The van der Waals surface area contributed by atoms with Gasteiger partial charge in [-0.3, -0.25) is 0 Å². The summed E-state index contributed by atoms with van der Waals surface area (Å²) in [4.78, 5) is 4.41. The monoisotopic (exact) mass is 235 g/mol. The predicted octanol–water partition coefficient (Wildman–Crippen LogP) is 3.53. The van der Waals surface area contributed by atoms with E-state index in [9.17, 15) is 0 Å². The van der Waals surface area contributed by atoms with Gasteiger partial charge in [-0.2, -0.15) is 0 Å². The van der Waals surface area contributed by atoms with Crippen molar-refractivity contribution >= 4 is 5.95 Å². The fraction of sp³-hybridized carbons (Fsp3) is 0.786. The molecule has 3 heteroatoms. The minimum atomic E-state index is 0.666. The first-order valence-corrected chi connectivity index (χ1v) is 7.00. The van der Waals surface area contributed by atoms with Gasteiger partial charge in [0.15, 0.2) is 0 Å². The Morgan fingerprint density at radius 3 is 2.82 bits per heavy atom. The molecule has 0 amide bonds. The number of imidazole rings is 1. The molecule has 0 aliphatic heterocycles. The van der Waals surface area contributed by atoms with Crippen molar-refractivity contribution < 1.29 is 0 Å². The molecule has 0 aromatic carbocycles. The van der Waals surface area contributed by atoms with Gasteiger partial charge in [0.25, 0.3) is 0 Å². The summed E-state index contributed by atoms with van der Waals surface area (Å²) in [5.74, 6) is 2.57. The van der Waals surface area contributed by atoms with E-state index in [0.29, 0.717) is 5.92 Å². The van der Waals surface area contributed by atoms with Crippen LogP contribution in [0.3, 0.4) is 0 Å². The number of nitrogens with zero attached hydrogens (tertiary/aromatic N) is 2. The van der Waals surface area contributed by atoms with Crippen LogP contribution in [0.5, 0.6) is 0 Å². The van der Waals surface area contributed by atoms with Crippen molar-refractivity contribution in [3.63, 3.8) is 0 Å². The fourth-order valence-electron chi connectivity index (χ4n) is 2.64. The van der Waals surface area contributed by atoms with Crippen LogP contribution in [0, 0.1) is 11.8 Å². The minimum absolute atomic E-state index is 0.666. The van der Waals surface area contributed by atoms with Crippen LogP contribution in [0.15, 0.2) is 12.4 Å². The molecule has 1 N–H and O–H groups in total. The number of aromatic nitrogens is 2. The average molecular weight is 235 g/mol. The van der Waals surface area contributed by atoms with Gasteiger partial charge in [0.05, 0.1) is 0 Å². The Kier molecular flexibility index (Phi) is 4.46. The Labute approximate surface area is 105 Å². The third-order valence-electron chi connectivity index (χ3n) is 3.55. The Bertz CT molecular complexity index is 324. The Balaban J connectivity index is 1.83. The molecule has 1 aromatic heterocycles. The molecule has 0 atom stereocenters. The summed E-state index contributed by atoms with van der Waals surface area (Å²) < 4.78 is 2.23. The van der Waals surface area contributed by atoms with Crippen LogP contribution in [0.2, 0.25) is 0 Å². The second-order valence-electron chi connectivity index (χ2n) is 5.68. The zero-order valence-electron chi connectivity index (χ0n) is 11.2. The molecule has 0 radical (unpaired) electrons. The van der Waals surface area contributed by atoms with Gasteiger partial charge in [0.1, 0.15) is 0 Å². The minimum Gasteiger partial charge on any atom is -0.355 e. The van der Waals surface area contributed by atoms with E-state index < -0.39 is 0 Å². The summed E-state index contributed by atoms with van der Waals surface area (Å²) in [6, 6.07) is 0. The first-order valence-electron chi connectivity index (χ1n) is 7.00. The molecule has 1 aromatic rings. The maximum Gasteiger partial charge on any atom is 0.202 e. The van der Waals surface area contributed by atoms with Crippen molar-refractivity contribution in [3.05, 3.63) is 12.4 Å². The maximum absolute atomic E-state index is 4.41. The van der Waals surface area contributed by atoms with Gasteiger partial charge in [-0.05, 0) is 24.7 Å². The van der Waals surface area contributed by atoms with E-state index in [-0.39, 0.29) is 0 Å².